The fourth-order valence-electron chi connectivity index (χ4n) is 4.03. The minimum atomic E-state index is 0.368. The number of para-hydroxylation sites is 1. The van der Waals surface area contributed by atoms with Gasteiger partial charge in [-0.25, -0.2) is 0 Å². The van der Waals surface area contributed by atoms with Gasteiger partial charge in [-0.05, 0) is 35.9 Å². The van der Waals surface area contributed by atoms with Gasteiger partial charge in [0.1, 0.15) is 0 Å². The molecule has 1 nitrogen and oxygen atoms in total. The third kappa shape index (κ3) is 2.33. The molecule has 5 rings (SSSR count). The molecular weight excluding hydrogens is 438 g/mol. The van der Waals surface area contributed by atoms with E-state index in [-0.39, 0.29) is 0 Å². The van der Waals surface area contributed by atoms with E-state index in [9.17, 15) is 0 Å². The van der Waals surface area contributed by atoms with E-state index < -0.39 is 0 Å². The smallest absolute Gasteiger partial charge is 0.0549 e. The second kappa shape index (κ2) is 5.86. The number of nitrogens with zero attached hydrogens (tertiary/aromatic N) is 1. The first kappa shape index (κ1) is 15.4. The van der Waals surface area contributed by atoms with Gasteiger partial charge in [-0.2, -0.15) is 0 Å². The maximum Gasteiger partial charge on any atom is 0.0549 e. The van der Waals surface area contributed by atoms with Crippen LogP contribution in [0.2, 0.25) is 0 Å². The number of allylic oxidation sites excluding steroid dienone is 5. The van der Waals surface area contributed by atoms with Gasteiger partial charge in [-0.3, -0.25) is 0 Å². The summed E-state index contributed by atoms with van der Waals surface area (Å²) in [6, 6.07) is 17.1. The summed E-state index contributed by atoms with van der Waals surface area (Å²) >= 11 is 7.43. The maximum atomic E-state index is 3.80. The van der Waals surface area contributed by atoms with E-state index in [0.717, 1.165) is 8.96 Å². The second-order valence-electron chi connectivity index (χ2n) is 6.48. The van der Waals surface area contributed by atoms with E-state index in [0.29, 0.717) is 11.8 Å². The van der Waals surface area contributed by atoms with Crippen LogP contribution in [0.15, 0.2) is 81.8 Å². The Morgan fingerprint density at radius 3 is 2.52 bits per heavy atom. The Hall–Kier alpha value is -1.84. The van der Waals surface area contributed by atoms with Crippen LogP contribution in [-0.2, 0) is 0 Å². The lowest BCUT2D eigenvalue weighted by atomic mass is 9.78. The Kier molecular flexibility index (Phi) is 3.61. The molecule has 1 aromatic heterocycles. The molecule has 2 atom stereocenters. The lowest BCUT2D eigenvalue weighted by Gasteiger charge is -2.27. The first-order valence-electron chi connectivity index (χ1n) is 8.36. The number of hydrogen-bond donors (Lipinski definition) is 0. The van der Waals surface area contributed by atoms with E-state index in [1.807, 2.05) is 0 Å². The Morgan fingerprint density at radius 2 is 1.68 bits per heavy atom. The van der Waals surface area contributed by atoms with E-state index in [1.165, 1.54) is 27.8 Å². The van der Waals surface area contributed by atoms with Crippen LogP contribution in [0.5, 0.6) is 0 Å². The monoisotopic (exact) mass is 451 g/mol. The van der Waals surface area contributed by atoms with Crippen molar-refractivity contribution in [2.45, 2.75) is 5.92 Å². The highest BCUT2D eigenvalue weighted by molar-refractivity contribution is 9.12. The lowest BCUT2D eigenvalue weighted by Crippen LogP contribution is -2.14. The minimum Gasteiger partial charge on any atom is -0.310 e. The van der Waals surface area contributed by atoms with E-state index in [2.05, 4.69) is 115 Å². The molecule has 0 N–H and O–H groups in total. The van der Waals surface area contributed by atoms with Crippen molar-refractivity contribution in [2.75, 3.05) is 0 Å². The molecule has 0 saturated heterocycles. The van der Waals surface area contributed by atoms with Crippen LogP contribution in [0.3, 0.4) is 0 Å². The van der Waals surface area contributed by atoms with Gasteiger partial charge in [-0.1, -0.05) is 80.4 Å². The zero-order valence-corrected chi connectivity index (χ0v) is 16.5. The van der Waals surface area contributed by atoms with Crippen LogP contribution in [0.25, 0.3) is 22.7 Å². The SMILES string of the molecule is BrC1=CC2C=Cc3c(c4c(Br)cccc4n3-c3ccccc3)C2C=C1. The van der Waals surface area contributed by atoms with Gasteiger partial charge in [-0.15, -0.1) is 0 Å². The molecule has 0 bridgehead atoms. The standard InChI is InChI=1S/C22H15Br2N/c23-15-10-11-17-14(13-15)9-12-20-21(17)22-18(24)7-4-8-19(22)25(20)16-5-2-1-3-6-16/h1-14,17H. The molecule has 1 heterocycles. The topological polar surface area (TPSA) is 4.93 Å². The molecule has 0 amide bonds. The number of halogens is 2. The first-order valence-corrected chi connectivity index (χ1v) is 9.94. The van der Waals surface area contributed by atoms with Crippen molar-refractivity contribution in [3.05, 3.63) is 93.0 Å². The number of benzene rings is 2. The van der Waals surface area contributed by atoms with Gasteiger partial charge in [0.2, 0.25) is 0 Å². The molecule has 0 radical (unpaired) electrons. The van der Waals surface area contributed by atoms with Crippen molar-refractivity contribution < 1.29 is 0 Å². The summed E-state index contributed by atoms with van der Waals surface area (Å²) in [7, 11) is 0. The summed E-state index contributed by atoms with van der Waals surface area (Å²) in [4.78, 5) is 0. The Labute approximate surface area is 163 Å². The van der Waals surface area contributed by atoms with E-state index in [4.69, 9.17) is 0 Å². The highest BCUT2D eigenvalue weighted by Crippen LogP contribution is 2.47. The van der Waals surface area contributed by atoms with Gasteiger partial charge in [0, 0.05) is 31.9 Å². The molecule has 3 aromatic rings. The zero-order valence-electron chi connectivity index (χ0n) is 13.4. The number of fused-ring (bicyclic) bond motifs is 5. The van der Waals surface area contributed by atoms with Crippen molar-refractivity contribution in [1.82, 2.24) is 4.57 Å². The van der Waals surface area contributed by atoms with Gasteiger partial charge in [0.25, 0.3) is 0 Å². The molecule has 25 heavy (non-hydrogen) atoms. The predicted molar refractivity (Wildman–Crippen MR) is 112 cm³/mol. The lowest BCUT2D eigenvalue weighted by molar-refractivity contribution is 0.692. The molecule has 3 heteroatoms. The molecular formula is C22H15Br2N. The molecule has 2 aliphatic rings. The normalized spacial score (nSPS) is 21.1. The molecule has 0 aliphatic heterocycles. The number of aromatic nitrogens is 1. The molecule has 2 aliphatic carbocycles. The average molecular weight is 453 g/mol. The molecule has 0 fully saturated rings. The first-order chi connectivity index (χ1) is 12.2. The Morgan fingerprint density at radius 1 is 0.840 bits per heavy atom. The summed E-state index contributed by atoms with van der Waals surface area (Å²) in [5.41, 5.74) is 5.14. The second-order valence-corrected chi connectivity index (χ2v) is 8.25. The number of rotatable bonds is 1. The molecule has 2 unspecified atom stereocenters. The summed E-state index contributed by atoms with van der Waals surface area (Å²) in [5, 5.41) is 1.32. The fourth-order valence-corrected chi connectivity index (χ4v) is 5.06. The Balaban J connectivity index is 1.88. The van der Waals surface area contributed by atoms with Crippen molar-refractivity contribution in [2.24, 2.45) is 5.92 Å². The summed E-state index contributed by atoms with van der Waals surface area (Å²) in [6.07, 6.45) is 11.4. The third-order valence-corrected chi connectivity index (χ3v) is 6.26. The van der Waals surface area contributed by atoms with Gasteiger partial charge in [0.05, 0.1) is 11.2 Å². The molecule has 122 valence electrons. The summed E-state index contributed by atoms with van der Waals surface area (Å²) < 4.78 is 4.70. The summed E-state index contributed by atoms with van der Waals surface area (Å²) in [5.74, 6) is 0.765. The van der Waals surface area contributed by atoms with Crippen LogP contribution in [0.4, 0.5) is 0 Å². The third-order valence-electron chi connectivity index (χ3n) is 5.07. The number of hydrogen-bond acceptors (Lipinski definition) is 0. The van der Waals surface area contributed by atoms with Crippen LogP contribution in [0, 0.1) is 5.92 Å². The predicted octanol–water partition coefficient (Wildman–Crippen LogP) is 6.97. The van der Waals surface area contributed by atoms with Crippen molar-refractivity contribution >= 4 is 48.8 Å². The van der Waals surface area contributed by atoms with E-state index in [1.54, 1.807) is 0 Å². The van der Waals surface area contributed by atoms with Crippen molar-refractivity contribution in [3.63, 3.8) is 0 Å². The highest BCUT2D eigenvalue weighted by atomic mass is 79.9. The van der Waals surface area contributed by atoms with Crippen molar-refractivity contribution in [1.29, 1.82) is 0 Å². The van der Waals surface area contributed by atoms with Crippen LogP contribution >= 0.6 is 31.9 Å². The Bertz CT molecular complexity index is 1070. The largest absolute Gasteiger partial charge is 0.310 e. The molecule has 0 spiro atoms. The summed E-state index contributed by atoms with van der Waals surface area (Å²) in [6.45, 7) is 0. The van der Waals surface area contributed by atoms with Gasteiger partial charge in [0.15, 0.2) is 0 Å². The van der Waals surface area contributed by atoms with Gasteiger partial charge < -0.3 is 4.57 Å². The fraction of sp³-hybridized carbons (Fsp3) is 0.0909. The van der Waals surface area contributed by atoms with Crippen LogP contribution in [0.1, 0.15) is 17.2 Å². The maximum absolute atomic E-state index is 3.80. The van der Waals surface area contributed by atoms with Crippen LogP contribution < -0.4 is 0 Å². The molecule has 0 saturated carbocycles. The zero-order chi connectivity index (χ0) is 17.0. The van der Waals surface area contributed by atoms with E-state index >= 15 is 0 Å². The minimum absolute atomic E-state index is 0.368. The quantitative estimate of drug-likeness (QED) is 0.375. The molecule has 2 aromatic carbocycles. The highest BCUT2D eigenvalue weighted by Gasteiger charge is 2.31. The van der Waals surface area contributed by atoms with Crippen molar-refractivity contribution in [3.8, 4) is 5.69 Å². The van der Waals surface area contributed by atoms with Crippen LogP contribution in [-0.4, -0.2) is 4.57 Å². The van der Waals surface area contributed by atoms with Gasteiger partial charge >= 0.3 is 0 Å². The average Bonchev–Trinajstić information content (AvgIpc) is 2.98.